The van der Waals surface area contributed by atoms with Crippen molar-refractivity contribution in [3.8, 4) is 5.69 Å². The highest BCUT2D eigenvalue weighted by Gasteiger charge is 2.26. The summed E-state index contributed by atoms with van der Waals surface area (Å²) in [5, 5.41) is 9.46. The van der Waals surface area contributed by atoms with Gasteiger partial charge in [-0.1, -0.05) is 19.3 Å². The molecule has 0 radical (unpaired) electrons. The van der Waals surface area contributed by atoms with Crippen molar-refractivity contribution in [3.05, 3.63) is 35.9 Å². The van der Waals surface area contributed by atoms with Crippen LogP contribution in [0.5, 0.6) is 0 Å². The average Bonchev–Trinajstić information content (AvgIpc) is 3.07. The van der Waals surface area contributed by atoms with E-state index in [0.29, 0.717) is 11.5 Å². The summed E-state index contributed by atoms with van der Waals surface area (Å²) < 4.78 is 29.5. The van der Waals surface area contributed by atoms with E-state index in [0.717, 1.165) is 25.7 Å². The van der Waals surface area contributed by atoms with Gasteiger partial charge in [-0.25, -0.2) is 28.0 Å². The second kappa shape index (κ2) is 7.55. The van der Waals surface area contributed by atoms with Gasteiger partial charge in [-0.2, -0.15) is 0 Å². The fourth-order valence-corrected chi connectivity index (χ4v) is 3.71. The molecule has 1 saturated carbocycles. The highest BCUT2D eigenvalue weighted by atomic mass is 32.2. The molecule has 26 heavy (non-hydrogen) atoms. The predicted molar refractivity (Wildman–Crippen MR) is 94.5 cm³/mol. The lowest BCUT2D eigenvalue weighted by molar-refractivity contribution is 0.0512. The monoisotopic (exact) mass is 378 g/mol. The third kappa shape index (κ3) is 3.94. The SMILES string of the molecule is CCOC(=O)c1nc(C2CCCCC2)n(-c2ccc(S(N)(=O)=O)cc2)n1. The maximum absolute atomic E-state index is 12.1. The fourth-order valence-electron chi connectivity index (χ4n) is 3.20. The summed E-state index contributed by atoms with van der Waals surface area (Å²) >= 11 is 0. The van der Waals surface area contributed by atoms with E-state index in [4.69, 9.17) is 9.88 Å². The first-order valence-electron chi connectivity index (χ1n) is 8.67. The molecule has 0 aliphatic heterocycles. The zero-order chi connectivity index (χ0) is 18.7. The van der Waals surface area contributed by atoms with Gasteiger partial charge >= 0.3 is 5.97 Å². The van der Waals surface area contributed by atoms with Crippen molar-refractivity contribution in [1.82, 2.24) is 14.8 Å². The molecule has 0 unspecified atom stereocenters. The summed E-state index contributed by atoms with van der Waals surface area (Å²) in [5.41, 5.74) is 0.626. The zero-order valence-electron chi connectivity index (χ0n) is 14.6. The fraction of sp³-hybridized carbons (Fsp3) is 0.471. The second-order valence-electron chi connectivity index (χ2n) is 6.30. The molecule has 0 atom stereocenters. The largest absolute Gasteiger partial charge is 0.460 e. The van der Waals surface area contributed by atoms with Gasteiger partial charge in [0.2, 0.25) is 10.0 Å². The first-order chi connectivity index (χ1) is 12.4. The number of sulfonamides is 1. The number of carbonyl (C=O) groups is 1. The summed E-state index contributed by atoms with van der Waals surface area (Å²) in [7, 11) is -3.77. The Morgan fingerprint density at radius 1 is 1.23 bits per heavy atom. The van der Waals surface area contributed by atoms with Crippen molar-refractivity contribution in [1.29, 1.82) is 0 Å². The zero-order valence-corrected chi connectivity index (χ0v) is 15.4. The molecule has 140 valence electrons. The number of ether oxygens (including phenoxy) is 1. The molecule has 8 nitrogen and oxygen atoms in total. The molecule has 1 aliphatic carbocycles. The molecule has 1 aromatic heterocycles. The van der Waals surface area contributed by atoms with Gasteiger partial charge < -0.3 is 4.74 Å². The standard InChI is InChI=1S/C17H22N4O4S/c1-2-25-17(22)15-19-16(12-6-4-3-5-7-12)21(20-15)13-8-10-14(11-9-13)26(18,23)24/h8-12H,2-7H2,1H3,(H2,18,23,24). The van der Waals surface area contributed by atoms with Gasteiger partial charge in [0.25, 0.3) is 5.82 Å². The van der Waals surface area contributed by atoms with E-state index in [1.165, 1.54) is 18.6 Å². The van der Waals surface area contributed by atoms with E-state index >= 15 is 0 Å². The number of rotatable bonds is 5. The maximum atomic E-state index is 12.1. The van der Waals surface area contributed by atoms with Crippen molar-refractivity contribution in [2.75, 3.05) is 6.61 Å². The smallest absolute Gasteiger partial charge is 0.378 e. The van der Waals surface area contributed by atoms with Gasteiger partial charge in [-0.05, 0) is 44.0 Å². The molecule has 3 rings (SSSR count). The lowest BCUT2D eigenvalue weighted by Crippen LogP contribution is -2.13. The quantitative estimate of drug-likeness (QED) is 0.797. The van der Waals surface area contributed by atoms with Gasteiger partial charge in [0.1, 0.15) is 5.82 Å². The molecule has 1 aromatic carbocycles. The predicted octanol–water partition coefficient (Wildman–Crippen LogP) is 2.14. The average molecular weight is 378 g/mol. The molecule has 1 fully saturated rings. The number of nitrogens with zero attached hydrogens (tertiary/aromatic N) is 3. The Morgan fingerprint density at radius 2 is 1.88 bits per heavy atom. The first kappa shape index (κ1) is 18.5. The van der Waals surface area contributed by atoms with Crippen LogP contribution < -0.4 is 5.14 Å². The van der Waals surface area contributed by atoms with Crippen LogP contribution in [0, 0.1) is 0 Å². The Balaban J connectivity index is 2.02. The Hall–Kier alpha value is -2.26. The molecule has 0 amide bonds. The van der Waals surface area contributed by atoms with E-state index in [1.807, 2.05) is 0 Å². The van der Waals surface area contributed by atoms with Crippen LogP contribution in [-0.4, -0.2) is 35.8 Å². The van der Waals surface area contributed by atoms with E-state index in [9.17, 15) is 13.2 Å². The molecule has 2 aromatic rings. The molecule has 9 heteroatoms. The Labute approximate surface area is 152 Å². The summed E-state index contributed by atoms with van der Waals surface area (Å²) in [4.78, 5) is 16.5. The topological polar surface area (TPSA) is 117 Å². The van der Waals surface area contributed by atoms with Crippen LogP contribution in [0.3, 0.4) is 0 Å². The number of aromatic nitrogens is 3. The summed E-state index contributed by atoms with van der Waals surface area (Å²) in [6, 6.07) is 6.05. The minimum atomic E-state index is -3.77. The lowest BCUT2D eigenvalue weighted by Gasteiger charge is -2.21. The Morgan fingerprint density at radius 3 is 2.46 bits per heavy atom. The van der Waals surface area contributed by atoms with Crippen LogP contribution >= 0.6 is 0 Å². The highest BCUT2D eigenvalue weighted by Crippen LogP contribution is 2.32. The minimum Gasteiger partial charge on any atom is -0.460 e. The number of hydrogen-bond acceptors (Lipinski definition) is 6. The number of benzene rings is 1. The molecule has 2 N–H and O–H groups in total. The summed E-state index contributed by atoms with van der Waals surface area (Å²) in [6.07, 6.45) is 5.37. The molecule has 1 heterocycles. The van der Waals surface area contributed by atoms with Crippen LogP contribution in [0.2, 0.25) is 0 Å². The maximum Gasteiger partial charge on any atom is 0.378 e. The number of carbonyl (C=O) groups excluding carboxylic acids is 1. The highest BCUT2D eigenvalue weighted by molar-refractivity contribution is 7.89. The van der Waals surface area contributed by atoms with Crippen molar-refractivity contribution < 1.29 is 17.9 Å². The van der Waals surface area contributed by atoms with E-state index in [2.05, 4.69) is 10.1 Å². The molecule has 0 bridgehead atoms. The van der Waals surface area contributed by atoms with Crippen LogP contribution in [0.25, 0.3) is 5.69 Å². The normalized spacial score (nSPS) is 15.8. The van der Waals surface area contributed by atoms with Crippen LogP contribution in [0.4, 0.5) is 0 Å². The molecule has 1 aliphatic rings. The van der Waals surface area contributed by atoms with Crippen LogP contribution in [0.1, 0.15) is 61.4 Å². The second-order valence-corrected chi connectivity index (χ2v) is 7.86. The lowest BCUT2D eigenvalue weighted by atomic mass is 9.88. The van der Waals surface area contributed by atoms with Crippen LogP contribution in [0.15, 0.2) is 29.2 Å². The number of esters is 1. The molecular weight excluding hydrogens is 356 g/mol. The minimum absolute atomic E-state index is 0.0166. The van der Waals surface area contributed by atoms with E-state index in [-0.39, 0.29) is 23.2 Å². The van der Waals surface area contributed by atoms with Crippen molar-refractivity contribution >= 4 is 16.0 Å². The third-order valence-electron chi connectivity index (χ3n) is 4.47. The third-order valence-corrected chi connectivity index (χ3v) is 5.40. The summed E-state index contributed by atoms with van der Waals surface area (Å²) in [5.74, 6) is 0.362. The van der Waals surface area contributed by atoms with E-state index < -0.39 is 16.0 Å². The van der Waals surface area contributed by atoms with Crippen molar-refractivity contribution in [3.63, 3.8) is 0 Å². The molecular formula is C17H22N4O4S. The number of nitrogens with two attached hydrogens (primary N) is 1. The Kier molecular flexibility index (Phi) is 5.38. The summed E-state index contributed by atoms with van der Waals surface area (Å²) in [6.45, 7) is 1.97. The van der Waals surface area contributed by atoms with Crippen molar-refractivity contribution in [2.24, 2.45) is 5.14 Å². The van der Waals surface area contributed by atoms with Gasteiger partial charge in [-0.3, -0.25) is 0 Å². The van der Waals surface area contributed by atoms with E-state index in [1.54, 1.807) is 23.7 Å². The van der Waals surface area contributed by atoms with Crippen molar-refractivity contribution in [2.45, 2.75) is 49.8 Å². The molecule has 0 spiro atoms. The number of primary sulfonamides is 1. The van der Waals surface area contributed by atoms with Gasteiger partial charge in [-0.15, -0.1) is 5.10 Å². The number of hydrogen-bond donors (Lipinski definition) is 1. The van der Waals surface area contributed by atoms with Gasteiger partial charge in [0.15, 0.2) is 0 Å². The van der Waals surface area contributed by atoms with Gasteiger partial charge in [0.05, 0.1) is 17.2 Å². The molecule has 0 saturated heterocycles. The van der Waals surface area contributed by atoms with Crippen LogP contribution in [-0.2, 0) is 14.8 Å². The van der Waals surface area contributed by atoms with Gasteiger partial charge in [0, 0.05) is 5.92 Å². The first-order valence-corrected chi connectivity index (χ1v) is 10.2. The Bertz CT molecular complexity index is 884.